The van der Waals surface area contributed by atoms with Crippen molar-refractivity contribution < 1.29 is 29.3 Å². The van der Waals surface area contributed by atoms with Crippen molar-refractivity contribution in [2.75, 3.05) is 11.9 Å². The van der Waals surface area contributed by atoms with E-state index in [0.29, 0.717) is 21.7 Å². The van der Waals surface area contributed by atoms with Crippen LogP contribution in [-0.4, -0.2) is 34.7 Å². The van der Waals surface area contributed by atoms with E-state index < -0.39 is 18.5 Å². The van der Waals surface area contributed by atoms with Gasteiger partial charge in [-0.3, -0.25) is 4.79 Å². The second-order valence-corrected chi connectivity index (χ2v) is 7.12. The van der Waals surface area contributed by atoms with Crippen LogP contribution in [0.2, 0.25) is 0 Å². The van der Waals surface area contributed by atoms with E-state index in [0.717, 1.165) is 16.9 Å². The number of carbonyl (C=O) groups excluding carboxylic acids is 1. The second kappa shape index (κ2) is 8.57. The Morgan fingerprint density at radius 3 is 2.24 bits per heavy atom. The van der Waals surface area contributed by atoms with E-state index in [1.165, 1.54) is 0 Å². The predicted molar refractivity (Wildman–Crippen MR) is 109 cm³/mol. The molecule has 0 aliphatic carbocycles. The summed E-state index contributed by atoms with van der Waals surface area (Å²) in [6.45, 7) is 1.06. The van der Waals surface area contributed by atoms with Crippen LogP contribution in [0.3, 0.4) is 0 Å². The molecule has 29 heavy (non-hydrogen) atoms. The minimum absolute atomic E-state index is 0.0554. The van der Waals surface area contributed by atoms with Gasteiger partial charge in [-0.05, 0) is 36.8 Å². The van der Waals surface area contributed by atoms with Crippen LogP contribution in [0.4, 0.5) is 5.69 Å². The number of carboxylic acid groups (broad SMARTS) is 2. The lowest BCUT2D eigenvalue weighted by atomic mass is 10.1. The van der Waals surface area contributed by atoms with Crippen molar-refractivity contribution in [1.82, 2.24) is 0 Å². The number of ether oxygens (including phenoxy) is 1. The summed E-state index contributed by atoms with van der Waals surface area (Å²) in [5.41, 5.74) is 2.42. The smallest absolute Gasteiger partial charge is 0.349 e. The number of nitrogens with one attached hydrogen (secondary N) is 1. The van der Waals surface area contributed by atoms with Gasteiger partial charge < -0.3 is 20.3 Å². The van der Waals surface area contributed by atoms with Crippen LogP contribution in [0.15, 0.2) is 54.6 Å². The Hall–Kier alpha value is -3.65. The highest BCUT2D eigenvalue weighted by molar-refractivity contribution is 7.18. The Balaban J connectivity index is 1.84. The number of rotatable bonds is 7. The van der Waals surface area contributed by atoms with Crippen LogP contribution in [0, 0.1) is 6.92 Å². The highest BCUT2D eigenvalue weighted by atomic mass is 32.1. The molecule has 0 atom stereocenters. The first-order valence-corrected chi connectivity index (χ1v) is 9.36. The van der Waals surface area contributed by atoms with Crippen molar-refractivity contribution in [1.29, 1.82) is 0 Å². The second-order valence-electron chi connectivity index (χ2n) is 6.10. The highest BCUT2D eigenvalue weighted by Gasteiger charge is 2.23. The molecule has 3 N–H and O–H groups in total. The quantitative estimate of drug-likeness (QED) is 0.539. The topological polar surface area (TPSA) is 113 Å². The molecule has 0 bridgehead atoms. The standard InChI is InChI=1S/C21H17NO6S/c1-12-17(28-11-16(23)24)19(21(26)27)29-18(12)13-7-9-15(10-8-13)22-20(25)14-5-3-2-4-6-14/h2-10H,11H2,1H3,(H,22,25)(H,23,24)(H,26,27). The van der Waals surface area contributed by atoms with Gasteiger partial charge in [0.05, 0.1) is 0 Å². The van der Waals surface area contributed by atoms with E-state index in [9.17, 15) is 19.5 Å². The third-order valence-corrected chi connectivity index (χ3v) is 5.38. The van der Waals surface area contributed by atoms with E-state index in [2.05, 4.69) is 5.32 Å². The zero-order valence-electron chi connectivity index (χ0n) is 15.3. The van der Waals surface area contributed by atoms with E-state index in [-0.39, 0.29) is 16.5 Å². The van der Waals surface area contributed by atoms with Crippen LogP contribution in [0.25, 0.3) is 10.4 Å². The lowest BCUT2D eigenvalue weighted by Crippen LogP contribution is -2.11. The molecule has 0 aliphatic heterocycles. The zero-order valence-corrected chi connectivity index (χ0v) is 16.2. The molecule has 0 fully saturated rings. The Morgan fingerprint density at radius 1 is 1.00 bits per heavy atom. The molecule has 1 heterocycles. The molecule has 148 valence electrons. The summed E-state index contributed by atoms with van der Waals surface area (Å²) in [5, 5.41) is 21.0. The molecule has 0 saturated carbocycles. The van der Waals surface area contributed by atoms with E-state index >= 15 is 0 Å². The van der Waals surface area contributed by atoms with Crippen LogP contribution >= 0.6 is 11.3 Å². The van der Waals surface area contributed by atoms with Gasteiger partial charge in [0.15, 0.2) is 11.5 Å². The summed E-state index contributed by atoms with van der Waals surface area (Å²) in [6, 6.07) is 15.8. The van der Waals surface area contributed by atoms with Crippen LogP contribution in [-0.2, 0) is 4.79 Å². The Kier molecular flexibility index (Phi) is 5.94. The fourth-order valence-corrected chi connectivity index (χ4v) is 3.82. The minimum Gasteiger partial charge on any atom is -0.480 e. The van der Waals surface area contributed by atoms with E-state index in [4.69, 9.17) is 9.84 Å². The summed E-state index contributed by atoms with van der Waals surface area (Å²) < 4.78 is 5.19. The van der Waals surface area contributed by atoms with Crippen molar-refractivity contribution >= 4 is 34.9 Å². The molecule has 3 aromatic rings. The number of carboxylic acids is 2. The van der Waals surface area contributed by atoms with Gasteiger partial charge in [-0.1, -0.05) is 30.3 Å². The van der Waals surface area contributed by atoms with Gasteiger partial charge in [-0.25, -0.2) is 9.59 Å². The summed E-state index contributed by atoms with van der Waals surface area (Å²) in [4.78, 5) is 35.1. The number of hydrogen-bond donors (Lipinski definition) is 3. The molecule has 1 amide bonds. The third-order valence-electron chi connectivity index (χ3n) is 4.07. The predicted octanol–water partition coefficient (Wildman–Crippen LogP) is 4.14. The van der Waals surface area contributed by atoms with Gasteiger partial charge in [0.25, 0.3) is 5.91 Å². The number of carbonyl (C=O) groups is 3. The fraction of sp³-hybridized carbons (Fsp3) is 0.0952. The van der Waals surface area contributed by atoms with Gasteiger partial charge >= 0.3 is 11.9 Å². The monoisotopic (exact) mass is 411 g/mol. The SMILES string of the molecule is Cc1c(-c2ccc(NC(=O)c3ccccc3)cc2)sc(C(=O)O)c1OCC(=O)O. The van der Waals surface area contributed by atoms with Crippen LogP contribution < -0.4 is 10.1 Å². The van der Waals surface area contributed by atoms with Gasteiger partial charge in [0.1, 0.15) is 5.75 Å². The molecule has 0 aliphatic rings. The van der Waals surface area contributed by atoms with Crippen molar-refractivity contribution in [3.8, 4) is 16.2 Å². The lowest BCUT2D eigenvalue weighted by molar-refractivity contribution is -0.139. The molecule has 0 spiro atoms. The van der Waals surface area contributed by atoms with Crippen molar-refractivity contribution in [2.45, 2.75) is 6.92 Å². The summed E-state index contributed by atoms with van der Waals surface area (Å²) in [7, 11) is 0. The largest absolute Gasteiger partial charge is 0.480 e. The Morgan fingerprint density at radius 2 is 1.66 bits per heavy atom. The normalized spacial score (nSPS) is 10.4. The minimum atomic E-state index is -1.19. The molecule has 0 saturated heterocycles. The van der Waals surface area contributed by atoms with E-state index in [1.807, 2.05) is 6.07 Å². The van der Waals surface area contributed by atoms with Crippen LogP contribution in [0.5, 0.6) is 5.75 Å². The lowest BCUT2D eigenvalue weighted by Gasteiger charge is -2.07. The first-order valence-electron chi connectivity index (χ1n) is 8.55. The number of benzene rings is 2. The Bertz CT molecular complexity index is 1060. The average molecular weight is 411 g/mol. The number of aromatic carboxylic acids is 1. The molecule has 8 heteroatoms. The summed E-state index contributed by atoms with van der Waals surface area (Å²) in [6.07, 6.45) is 0. The van der Waals surface area contributed by atoms with E-state index in [1.54, 1.807) is 55.5 Å². The van der Waals surface area contributed by atoms with Gasteiger partial charge in [-0.2, -0.15) is 0 Å². The van der Waals surface area contributed by atoms with Crippen LogP contribution in [0.1, 0.15) is 25.6 Å². The summed E-state index contributed by atoms with van der Waals surface area (Å²) in [5.74, 6) is -2.55. The molecule has 3 rings (SSSR count). The fourth-order valence-electron chi connectivity index (χ4n) is 2.72. The van der Waals surface area contributed by atoms with Crippen molar-refractivity contribution in [2.24, 2.45) is 0 Å². The molecule has 7 nitrogen and oxygen atoms in total. The number of amides is 1. The maximum absolute atomic E-state index is 12.2. The molecular formula is C21H17NO6S. The molecule has 1 aromatic heterocycles. The van der Waals surface area contributed by atoms with Crippen molar-refractivity contribution in [3.63, 3.8) is 0 Å². The maximum atomic E-state index is 12.2. The molecule has 0 unspecified atom stereocenters. The summed E-state index contributed by atoms with van der Waals surface area (Å²) >= 11 is 1.01. The number of hydrogen-bond acceptors (Lipinski definition) is 5. The maximum Gasteiger partial charge on any atom is 0.349 e. The van der Waals surface area contributed by atoms with Gasteiger partial charge in [0.2, 0.25) is 0 Å². The van der Waals surface area contributed by atoms with Gasteiger partial charge in [-0.15, -0.1) is 11.3 Å². The first kappa shape index (κ1) is 20.1. The molecule has 2 aromatic carbocycles. The number of anilines is 1. The molecule has 0 radical (unpaired) electrons. The Labute approximate surface area is 170 Å². The number of aliphatic carboxylic acids is 1. The number of thiophene rings is 1. The van der Waals surface area contributed by atoms with Gasteiger partial charge in [0, 0.05) is 21.7 Å². The first-order chi connectivity index (χ1) is 13.9. The third kappa shape index (κ3) is 4.61. The zero-order chi connectivity index (χ0) is 21.0. The average Bonchev–Trinajstić information content (AvgIpc) is 3.04. The molecular weight excluding hydrogens is 394 g/mol. The van der Waals surface area contributed by atoms with Crippen molar-refractivity contribution in [3.05, 3.63) is 70.6 Å². The highest BCUT2D eigenvalue weighted by Crippen LogP contribution is 2.41.